The zero-order chi connectivity index (χ0) is 21.9. The van der Waals surface area contributed by atoms with Gasteiger partial charge in [-0.3, -0.25) is 0 Å². The lowest BCUT2D eigenvalue weighted by molar-refractivity contribution is -0.0754. The van der Waals surface area contributed by atoms with Crippen LogP contribution in [-0.4, -0.2) is 43.3 Å². The van der Waals surface area contributed by atoms with E-state index in [2.05, 4.69) is 44.5 Å². The first-order valence-corrected chi connectivity index (χ1v) is 11.5. The van der Waals surface area contributed by atoms with Gasteiger partial charge in [-0.15, -0.1) is 5.10 Å². The van der Waals surface area contributed by atoms with Crippen molar-refractivity contribution < 1.29 is 5.11 Å². The van der Waals surface area contributed by atoms with E-state index < -0.39 is 5.60 Å². The topological polar surface area (TPSA) is 90.9 Å². The highest BCUT2D eigenvalue weighted by molar-refractivity contribution is 5.82. The monoisotopic (exact) mass is 426 g/mol. The van der Waals surface area contributed by atoms with Gasteiger partial charge in [0.15, 0.2) is 5.82 Å². The molecule has 2 aliphatic heterocycles. The molecule has 7 nitrogen and oxygen atoms in total. The van der Waals surface area contributed by atoms with Gasteiger partial charge in [0.1, 0.15) is 0 Å². The molecule has 1 N–H and O–H groups in total. The molecule has 0 radical (unpaired) electrons. The first-order chi connectivity index (χ1) is 15.3. The van der Waals surface area contributed by atoms with Crippen LogP contribution < -0.4 is 4.90 Å². The summed E-state index contributed by atoms with van der Waals surface area (Å²) in [4.78, 5) is 2.29. The van der Waals surface area contributed by atoms with Crippen molar-refractivity contribution in [3.05, 3.63) is 42.2 Å². The number of benzene rings is 1. The van der Waals surface area contributed by atoms with Crippen LogP contribution in [0.5, 0.6) is 0 Å². The van der Waals surface area contributed by atoms with Crippen LogP contribution in [0.1, 0.15) is 51.5 Å². The van der Waals surface area contributed by atoms with Crippen LogP contribution in [0.3, 0.4) is 0 Å². The summed E-state index contributed by atoms with van der Waals surface area (Å²) in [6.07, 6.45) is 8.92. The van der Waals surface area contributed by atoms with Crippen LogP contribution in [0, 0.1) is 22.2 Å². The molecule has 3 aliphatic carbocycles. The third kappa shape index (κ3) is 2.16. The minimum atomic E-state index is -0.698. The number of nitrogens with zero attached hydrogens (tertiary/aromatic N) is 6. The Hall–Kier alpha value is -2.98. The number of hydrogen-bond donors (Lipinski definition) is 1. The highest BCUT2D eigenvalue weighted by atomic mass is 16.3. The van der Waals surface area contributed by atoms with Crippen LogP contribution >= 0.6 is 0 Å². The molecule has 162 valence electrons. The fourth-order valence-corrected chi connectivity index (χ4v) is 6.55. The molecule has 1 spiro atoms. The zero-order valence-electron chi connectivity index (χ0n) is 18.4. The third-order valence-electron chi connectivity index (χ3n) is 9.12. The van der Waals surface area contributed by atoms with Crippen molar-refractivity contribution >= 4 is 16.7 Å². The summed E-state index contributed by atoms with van der Waals surface area (Å²) in [5.74, 6) is 0.837. The highest BCUT2D eigenvalue weighted by Crippen LogP contribution is 2.78. The summed E-state index contributed by atoms with van der Waals surface area (Å²) >= 11 is 0. The minimum Gasteiger partial charge on any atom is -0.390 e. The summed E-state index contributed by atoms with van der Waals surface area (Å²) in [6.45, 7) is 4.64. The Balaban J connectivity index is 1.26. The van der Waals surface area contributed by atoms with Gasteiger partial charge < -0.3 is 10.0 Å². The molecule has 2 aromatic heterocycles. The van der Waals surface area contributed by atoms with Gasteiger partial charge in [0.25, 0.3) is 0 Å². The van der Waals surface area contributed by atoms with E-state index >= 15 is 0 Å². The van der Waals surface area contributed by atoms with Crippen LogP contribution in [0.2, 0.25) is 0 Å². The normalized spacial score (nSPS) is 31.6. The molecule has 1 unspecified atom stereocenters. The summed E-state index contributed by atoms with van der Waals surface area (Å²) in [5.41, 5.74) is 2.14. The van der Waals surface area contributed by atoms with E-state index in [0.29, 0.717) is 6.04 Å². The molecule has 2 saturated heterocycles. The SMILES string of the molecule is CC(C)(O)C12CC(C1)N(c1cc(-n3ncc4ccc(C5(C#N)CC56CC6)cc43)cnn1)C2. The van der Waals surface area contributed by atoms with E-state index in [9.17, 15) is 10.4 Å². The van der Waals surface area contributed by atoms with Crippen LogP contribution in [0.15, 0.2) is 36.7 Å². The lowest BCUT2D eigenvalue weighted by Gasteiger charge is -2.45. The molecular weight excluding hydrogens is 400 g/mol. The molecule has 4 heterocycles. The van der Waals surface area contributed by atoms with E-state index in [1.54, 1.807) is 6.20 Å². The molecule has 8 rings (SSSR count). The van der Waals surface area contributed by atoms with E-state index in [-0.39, 0.29) is 16.2 Å². The summed E-state index contributed by atoms with van der Waals surface area (Å²) in [6, 6.07) is 11.4. The molecule has 2 bridgehead atoms. The molecular formula is C25H26N6O. The number of hydrogen-bond acceptors (Lipinski definition) is 6. The Morgan fingerprint density at radius 2 is 2.00 bits per heavy atom. The average molecular weight is 427 g/mol. The van der Waals surface area contributed by atoms with E-state index in [1.807, 2.05) is 30.8 Å². The van der Waals surface area contributed by atoms with Gasteiger partial charge in [-0.1, -0.05) is 12.1 Å². The molecule has 1 aromatic carbocycles. The van der Waals surface area contributed by atoms with Crippen molar-refractivity contribution in [2.24, 2.45) is 10.8 Å². The van der Waals surface area contributed by atoms with Crippen LogP contribution in [0.4, 0.5) is 5.82 Å². The average Bonchev–Trinajstić information content (AvgIpc) is 3.44. The fourth-order valence-electron chi connectivity index (χ4n) is 6.55. The molecule has 32 heavy (non-hydrogen) atoms. The van der Waals surface area contributed by atoms with Crippen LogP contribution in [0.25, 0.3) is 16.6 Å². The van der Waals surface area contributed by atoms with Crippen molar-refractivity contribution in [2.75, 3.05) is 11.4 Å². The number of nitriles is 1. The number of rotatable bonds is 4. The van der Waals surface area contributed by atoms with E-state index in [0.717, 1.165) is 53.8 Å². The quantitative estimate of drug-likeness (QED) is 0.687. The number of anilines is 1. The predicted octanol–water partition coefficient (Wildman–Crippen LogP) is 3.50. The Bertz CT molecular complexity index is 1320. The van der Waals surface area contributed by atoms with Crippen LogP contribution in [-0.2, 0) is 5.41 Å². The van der Waals surface area contributed by atoms with Gasteiger partial charge in [-0.2, -0.15) is 15.5 Å². The Labute approximate surface area is 186 Å². The van der Waals surface area contributed by atoms with Gasteiger partial charge in [0.05, 0.1) is 40.7 Å². The van der Waals surface area contributed by atoms with E-state index in [4.69, 9.17) is 0 Å². The zero-order valence-corrected chi connectivity index (χ0v) is 18.4. The van der Waals surface area contributed by atoms with Crippen molar-refractivity contribution in [2.45, 2.75) is 63.0 Å². The smallest absolute Gasteiger partial charge is 0.153 e. The second kappa shape index (κ2) is 5.49. The van der Waals surface area contributed by atoms with Gasteiger partial charge in [-0.25, -0.2) is 4.68 Å². The predicted molar refractivity (Wildman–Crippen MR) is 119 cm³/mol. The fraction of sp³-hybridized carbons (Fsp3) is 0.520. The van der Waals surface area contributed by atoms with Gasteiger partial charge in [0, 0.05) is 29.5 Å². The standard InChI is InChI=1S/C25H26N6O/c1-22(2,32)24-9-19(10-24)30(15-24)21-8-18(12-27-29-21)31-20-7-17(4-3-16(20)11-28-31)25(14-26)13-23(25)5-6-23/h3-4,7-8,11-12,19,32H,5-6,9-10,13,15H2,1-2H3. The largest absolute Gasteiger partial charge is 0.390 e. The molecule has 5 fully saturated rings. The Kier molecular flexibility index (Phi) is 3.19. The molecule has 7 heteroatoms. The summed E-state index contributed by atoms with van der Waals surface area (Å²) in [5, 5.41) is 35.0. The lowest BCUT2D eigenvalue weighted by Crippen LogP contribution is -2.50. The first kappa shape index (κ1) is 18.6. The maximum Gasteiger partial charge on any atom is 0.153 e. The third-order valence-corrected chi connectivity index (χ3v) is 9.12. The summed E-state index contributed by atoms with van der Waals surface area (Å²) < 4.78 is 1.91. The molecule has 3 saturated carbocycles. The molecule has 3 aromatic rings. The van der Waals surface area contributed by atoms with Crippen molar-refractivity contribution in [3.63, 3.8) is 0 Å². The Morgan fingerprint density at radius 1 is 1.19 bits per heavy atom. The highest BCUT2D eigenvalue weighted by Gasteiger charge is 2.75. The van der Waals surface area contributed by atoms with Crippen molar-refractivity contribution in [1.29, 1.82) is 5.26 Å². The lowest BCUT2D eigenvalue weighted by atomic mass is 9.61. The van der Waals surface area contributed by atoms with Crippen molar-refractivity contribution in [1.82, 2.24) is 20.0 Å². The number of aromatic nitrogens is 4. The van der Waals surface area contributed by atoms with Gasteiger partial charge in [-0.05, 0) is 63.0 Å². The first-order valence-electron chi connectivity index (χ1n) is 11.5. The summed E-state index contributed by atoms with van der Waals surface area (Å²) in [7, 11) is 0. The second-order valence-corrected chi connectivity index (χ2v) is 11.1. The van der Waals surface area contributed by atoms with Gasteiger partial charge in [0.2, 0.25) is 0 Å². The maximum absolute atomic E-state index is 10.7. The van der Waals surface area contributed by atoms with Crippen molar-refractivity contribution in [3.8, 4) is 11.8 Å². The maximum atomic E-state index is 10.7. The Morgan fingerprint density at radius 3 is 2.66 bits per heavy atom. The second-order valence-electron chi connectivity index (χ2n) is 11.1. The molecule has 5 aliphatic rings. The number of aliphatic hydroxyl groups is 1. The van der Waals surface area contributed by atoms with Gasteiger partial charge >= 0.3 is 0 Å². The minimum absolute atomic E-state index is 0.0582. The van der Waals surface area contributed by atoms with E-state index in [1.165, 1.54) is 12.8 Å². The molecule has 1 atom stereocenters. The molecule has 0 amide bonds. The number of fused-ring (bicyclic) bond motifs is 2.